The summed E-state index contributed by atoms with van der Waals surface area (Å²) in [4.78, 5) is 6.38. The summed E-state index contributed by atoms with van der Waals surface area (Å²) in [6.07, 6.45) is -3.99. The Labute approximate surface area is 172 Å². The number of anilines is 1. The molecule has 3 aromatic rings. The lowest BCUT2D eigenvalue weighted by atomic mass is 9.98. The van der Waals surface area contributed by atoms with Crippen molar-refractivity contribution in [3.63, 3.8) is 0 Å². The lowest BCUT2D eigenvalue weighted by Crippen LogP contribution is -2.35. The molecule has 31 heavy (non-hydrogen) atoms. The Balaban J connectivity index is 2.23. The highest BCUT2D eigenvalue weighted by Crippen LogP contribution is 2.50. The zero-order valence-electron chi connectivity index (χ0n) is 15.8. The highest BCUT2D eigenvalue weighted by Gasteiger charge is 2.62. The first kappa shape index (κ1) is 22.4. The van der Waals surface area contributed by atoms with Crippen LogP contribution in [0.2, 0.25) is 0 Å². The van der Waals surface area contributed by atoms with Gasteiger partial charge in [0.1, 0.15) is 10.5 Å². The third-order valence-electron chi connectivity index (χ3n) is 4.18. The number of rotatable bonds is 5. The van der Waals surface area contributed by atoms with E-state index in [1.54, 1.807) is 0 Å². The number of hydrogen-bond acceptors (Lipinski definition) is 6. The molecule has 3 rings (SSSR count). The Kier molecular flexibility index (Phi) is 5.38. The van der Waals surface area contributed by atoms with Crippen LogP contribution in [-0.4, -0.2) is 39.4 Å². The number of halogens is 5. The highest BCUT2D eigenvalue weighted by atomic mass is 32.2. The van der Waals surface area contributed by atoms with Crippen molar-refractivity contribution in [3.8, 4) is 17.1 Å². The monoisotopic (exact) mass is 463 g/mol. The summed E-state index contributed by atoms with van der Waals surface area (Å²) in [6.45, 7) is 1.42. The van der Waals surface area contributed by atoms with Gasteiger partial charge < -0.3 is 5.11 Å². The van der Waals surface area contributed by atoms with Crippen molar-refractivity contribution >= 4 is 16.0 Å². The smallest absolute Gasteiger partial charge is 0.458 e. The lowest BCUT2D eigenvalue weighted by molar-refractivity contribution is -0.289. The number of benzene rings is 1. The van der Waals surface area contributed by atoms with E-state index in [2.05, 4.69) is 15.1 Å². The molecule has 0 amide bonds. The molecule has 0 aliphatic carbocycles. The van der Waals surface area contributed by atoms with Crippen molar-refractivity contribution in [1.29, 1.82) is 0 Å². The summed E-state index contributed by atoms with van der Waals surface area (Å²) in [5.41, 5.74) is -2.79. The molecule has 0 unspecified atom stereocenters. The number of aromatic nitrogens is 4. The van der Waals surface area contributed by atoms with Crippen LogP contribution in [0.1, 0.15) is 11.1 Å². The zero-order valence-corrected chi connectivity index (χ0v) is 16.6. The van der Waals surface area contributed by atoms with E-state index < -0.39 is 45.2 Å². The molecule has 0 saturated carbocycles. The second kappa shape index (κ2) is 7.44. The molecular weight excluding hydrogens is 449 g/mol. The molecule has 1 aromatic carbocycles. The largest absolute Gasteiger partial charge is 0.493 e. The maximum Gasteiger partial charge on any atom is 0.458 e. The number of nitrogens with zero attached hydrogens (tertiary/aromatic N) is 4. The van der Waals surface area contributed by atoms with Gasteiger partial charge in [0.25, 0.3) is 10.0 Å². The predicted molar refractivity (Wildman–Crippen MR) is 97.8 cm³/mol. The van der Waals surface area contributed by atoms with Crippen LogP contribution >= 0.6 is 0 Å². The molecule has 0 bridgehead atoms. The van der Waals surface area contributed by atoms with Gasteiger partial charge in [-0.3, -0.25) is 4.68 Å². The number of aryl methyl sites for hydroxylation is 2. The fraction of sp³-hybridized carbons (Fsp3) is 0.235. The number of sulfonamides is 1. The van der Waals surface area contributed by atoms with E-state index in [1.165, 1.54) is 42.9 Å². The molecule has 8 nitrogen and oxygen atoms in total. The molecule has 2 heterocycles. The maximum absolute atomic E-state index is 14.2. The number of hydrogen-bond donors (Lipinski definition) is 2. The SMILES string of the molecule is Cc1ccccc1-c1nc(NS(=O)(=O)c2cnn(C)c2)nc(O)c1C(F)(F)C(F)(F)F. The van der Waals surface area contributed by atoms with Crippen molar-refractivity contribution < 1.29 is 35.5 Å². The first-order valence-electron chi connectivity index (χ1n) is 8.37. The Bertz CT molecular complexity index is 1240. The summed E-state index contributed by atoms with van der Waals surface area (Å²) in [7, 11) is -2.94. The van der Waals surface area contributed by atoms with Crippen LogP contribution < -0.4 is 4.72 Å². The molecule has 0 atom stereocenters. The van der Waals surface area contributed by atoms with Gasteiger partial charge in [-0.05, 0) is 12.5 Å². The van der Waals surface area contributed by atoms with Gasteiger partial charge in [0.15, 0.2) is 0 Å². The Morgan fingerprint density at radius 1 is 1.10 bits per heavy atom. The minimum Gasteiger partial charge on any atom is -0.493 e. The first-order chi connectivity index (χ1) is 14.2. The van der Waals surface area contributed by atoms with Crippen molar-refractivity contribution in [3.05, 3.63) is 47.8 Å². The minimum atomic E-state index is -6.07. The van der Waals surface area contributed by atoms with Gasteiger partial charge in [0.2, 0.25) is 11.8 Å². The van der Waals surface area contributed by atoms with Gasteiger partial charge in [-0.1, -0.05) is 24.3 Å². The second-order valence-electron chi connectivity index (χ2n) is 6.44. The third kappa shape index (κ3) is 4.15. The molecule has 166 valence electrons. The lowest BCUT2D eigenvalue weighted by Gasteiger charge is -2.23. The quantitative estimate of drug-likeness (QED) is 0.562. The van der Waals surface area contributed by atoms with E-state index in [4.69, 9.17) is 0 Å². The van der Waals surface area contributed by atoms with Crippen LogP contribution in [0.4, 0.5) is 27.9 Å². The molecule has 0 spiro atoms. The summed E-state index contributed by atoms with van der Waals surface area (Å²) in [5, 5.41) is 13.7. The molecule has 14 heteroatoms. The highest BCUT2D eigenvalue weighted by molar-refractivity contribution is 7.92. The Morgan fingerprint density at radius 2 is 1.74 bits per heavy atom. The van der Waals surface area contributed by atoms with Gasteiger partial charge in [0, 0.05) is 18.8 Å². The normalized spacial score (nSPS) is 12.7. The Morgan fingerprint density at radius 3 is 2.29 bits per heavy atom. The predicted octanol–water partition coefficient (Wildman–Crippen LogP) is 3.35. The van der Waals surface area contributed by atoms with Crippen LogP contribution in [-0.2, 0) is 23.0 Å². The fourth-order valence-electron chi connectivity index (χ4n) is 2.68. The molecule has 0 aliphatic heterocycles. The van der Waals surface area contributed by atoms with Crippen LogP contribution in [0.25, 0.3) is 11.3 Å². The fourth-order valence-corrected chi connectivity index (χ4v) is 3.60. The topological polar surface area (TPSA) is 110 Å². The van der Waals surface area contributed by atoms with Gasteiger partial charge in [-0.2, -0.15) is 32.0 Å². The van der Waals surface area contributed by atoms with E-state index in [9.17, 15) is 35.5 Å². The van der Waals surface area contributed by atoms with Gasteiger partial charge >= 0.3 is 12.1 Å². The van der Waals surface area contributed by atoms with Crippen LogP contribution in [0.3, 0.4) is 0 Å². The van der Waals surface area contributed by atoms with Crippen molar-refractivity contribution in [2.24, 2.45) is 7.05 Å². The average molecular weight is 463 g/mol. The molecule has 0 saturated heterocycles. The molecule has 0 radical (unpaired) electrons. The van der Waals surface area contributed by atoms with Crippen molar-refractivity contribution in [2.75, 3.05) is 4.72 Å². The van der Waals surface area contributed by atoms with Gasteiger partial charge in [-0.25, -0.2) is 18.1 Å². The summed E-state index contributed by atoms with van der Waals surface area (Å²) in [6, 6.07) is 5.49. The second-order valence-corrected chi connectivity index (χ2v) is 8.12. The summed E-state index contributed by atoms with van der Waals surface area (Å²) >= 11 is 0. The van der Waals surface area contributed by atoms with Crippen molar-refractivity contribution in [1.82, 2.24) is 19.7 Å². The number of aromatic hydroxyl groups is 1. The first-order valence-corrected chi connectivity index (χ1v) is 9.86. The Hall–Kier alpha value is -3.29. The number of alkyl halides is 5. The van der Waals surface area contributed by atoms with Crippen LogP contribution in [0, 0.1) is 6.92 Å². The van der Waals surface area contributed by atoms with Gasteiger partial charge in [0.05, 0.1) is 11.9 Å². The van der Waals surface area contributed by atoms with E-state index in [0.717, 1.165) is 12.4 Å². The third-order valence-corrected chi connectivity index (χ3v) is 5.46. The molecular formula is C17H14F5N5O3S. The number of nitrogens with one attached hydrogen (secondary N) is 1. The summed E-state index contributed by atoms with van der Waals surface area (Å²) < 4.78 is 95.5. The standard InChI is InChI=1S/C17H14F5N5O3S/c1-9-5-3-4-6-11(9)13-12(16(18,19)17(20,21)22)14(28)25-15(24-13)26-31(29,30)10-7-23-27(2)8-10/h3-8H,1-2H3,(H2,24,25,26,28). The van der Waals surface area contributed by atoms with E-state index in [1.807, 2.05) is 4.72 Å². The minimum absolute atomic E-state index is 0.180. The zero-order chi connectivity index (χ0) is 23.2. The van der Waals surface area contributed by atoms with Crippen molar-refractivity contribution in [2.45, 2.75) is 23.9 Å². The molecule has 0 aliphatic rings. The molecule has 2 aromatic heterocycles. The van der Waals surface area contributed by atoms with Crippen LogP contribution in [0.15, 0.2) is 41.6 Å². The molecule has 0 fully saturated rings. The van der Waals surface area contributed by atoms with E-state index in [-0.39, 0.29) is 16.0 Å². The van der Waals surface area contributed by atoms with Crippen LogP contribution in [0.5, 0.6) is 5.88 Å². The maximum atomic E-state index is 14.2. The van der Waals surface area contributed by atoms with E-state index >= 15 is 0 Å². The van der Waals surface area contributed by atoms with Gasteiger partial charge in [-0.15, -0.1) is 0 Å². The average Bonchev–Trinajstić information content (AvgIpc) is 3.07. The molecule has 2 N–H and O–H groups in total. The van der Waals surface area contributed by atoms with E-state index in [0.29, 0.717) is 0 Å². The summed E-state index contributed by atoms with van der Waals surface area (Å²) in [5.74, 6) is -8.14.